The van der Waals surface area contributed by atoms with Gasteiger partial charge in [-0.1, -0.05) is 19.8 Å². The molecule has 2 nitrogen and oxygen atoms in total. The van der Waals surface area contributed by atoms with Crippen molar-refractivity contribution in [2.45, 2.75) is 39.0 Å². The second-order valence-electron chi connectivity index (χ2n) is 5.22. The molecule has 2 N–H and O–H groups in total. The lowest BCUT2D eigenvalue weighted by atomic mass is 9.83. The summed E-state index contributed by atoms with van der Waals surface area (Å²) in [7, 11) is 0. The van der Waals surface area contributed by atoms with Crippen LogP contribution >= 0.6 is 0 Å². The molecule has 1 heterocycles. The van der Waals surface area contributed by atoms with Crippen molar-refractivity contribution < 1.29 is 0 Å². The van der Waals surface area contributed by atoms with Gasteiger partial charge in [-0.05, 0) is 30.6 Å². The quantitative estimate of drug-likeness (QED) is 0.700. The van der Waals surface area contributed by atoms with E-state index >= 15 is 0 Å². The van der Waals surface area contributed by atoms with Crippen molar-refractivity contribution in [2.24, 2.45) is 11.3 Å². The van der Waals surface area contributed by atoms with Crippen LogP contribution < -0.4 is 10.6 Å². The van der Waals surface area contributed by atoms with Crippen LogP contribution in [0.3, 0.4) is 0 Å². The fourth-order valence-electron chi connectivity index (χ4n) is 2.81. The van der Waals surface area contributed by atoms with Crippen molar-refractivity contribution in [1.82, 2.24) is 10.6 Å². The van der Waals surface area contributed by atoms with Crippen LogP contribution in [0, 0.1) is 11.3 Å². The van der Waals surface area contributed by atoms with Crippen LogP contribution in [0.25, 0.3) is 0 Å². The van der Waals surface area contributed by atoms with Gasteiger partial charge in [0.2, 0.25) is 0 Å². The van der Waals surface area contributed by atoms with Gasteiger partial charge >= 0.3 is 0 Å². The van der Waals surface area contributed by atoms with Crippen LogP contribution in [0.5, 0.6) is 0 Å². The molecule has 1 aliphatic heterocycles. The first-order valence-corrected chi connectivity index (χ1v) is 6.26. The Bertz CT molecular complexity index is 169. The molecule has 1 saturated heterocycles. The van der Waals surface area contributed by atoms with Crippen molar-refractivity contribution in [2.75, 3.05) is 26.2 Å². The topological polar surface area (TPSA) is 24.1 Å². The van der Waals surface area contributed by atoms with Crippen LogP contribution in [0.1, 0.15) is 39.0 Å². The maximum atomic E-state index is 3.68. The SMILES string of the molecule is CCC1(CNCC2CNC2)CCCC1. The predicted molar refractivity (Wildman–Crippen MR) is 60.4 cm³/mol. The van der Waals surface area contributed by atoms with E-state index in [4.69, 9.17) is 0 Å². The van der Waals surface area contributed by atoms with E-state index in [1.165, 1.54) is 58.3 Å². The van der Waals surface area contributed by atoms with E-state index in [1.54, 1.807) is 0 Å². The third-order valence-electron chi connectivity index (χ3n) is 4.21. The number of rotatable bonds is 5. The minimum absolute atomic E-state index is 0.664. The van der Waals surface area contributed by atoms with Gasteiger partial charge in [0.1, 0.15) is 0 Å². The molecule has 2 fully saturated rings. The van der Waals surface area contributed by atoms with Gasteiger partial charge in [-0.25, -0.2) is 0 Å². The fraction of sp³-hybridized carbons (Fsp3) is 1.00. The second kappa shape index (κ2) is 4.63. The molecule has 0 atom stereocenters. The Morgan fingerprint density at radius 3 is 2.50 bits per heavy atom. The molecule has 0 aromatic rings. The van der Waals surface area contributed by atoms with Gasteiger partial charge in [0.25, 0.3) is 0 Å². The number of nitrogens with one attached hydrogen (secondary N) is 2. The zero-order valence-electron chi connectivity index (χ0n) is 9.44. The van der Waals surface area contributed by atoms with Gasteiger partial charge in [0, 0.05) is 26.2 Å². The molecular weight excluding hydrogens is 172 g/mol. The number of hydrogen-bond acceptors (Lipinski definition) is 2. The third kappa shape index (κ3) is 2.29. The molecule has 2 heteroatoms. The molecule has 0 unspecified atom stereocenters. The van der Waals surface area contributed by atoms with Crippen LogP contribution in [0.4, 0.5) is 0 Å². The highest BCUT2D eigenvalue weighted by atomic mass is 15.0. The average Bonchev–Trinajstić information content (AvgIpc) is 2.59. The molecule has 0 aromatic carbocycles. The van der Waals surface area contributed by atoms with Crippen molar-refractivity contribution in [3.8, 4) is 0 Å². The fourth-order valence-corrected chi connectivity index (χ4v) is 2.81. The van der Waals surface area contributed by atoms with E-state index in [0.29, 0.717) is 5.41 Å². The molecular formula is C12H24N2. The van der Waals surface area contributed by atoms with E-state index in [1.807, 2.05) is 0 Å². The largest absolute Gasteiger partial charge is 0.316 e. The van der Waals surface area contributed by atoms with Crippen molar-refractivity contribution in [3.63, 3.8) is 0 Å². The van der Waals surface area contributed by atoms with Crippen molar-refractivity contribution >= 4 is 0 Å². The Morgan fingerprint density at radius 2 is 2.00 bits per heavy atom. The molecule has 2 aliphatic rings. The van der Waals surface area contributed by atoms with E-state index in [0.717, 1.165) is 5.92 Å². The van der Waals surface area contributed by atoms with Crippen LogP contribution in [0.2, 0.25) is 0 Å². The van der Waals surface area contributed by atoms with E-state index < -0.39 is 0 Å². The molecule has 1 saturated carbocycles. The summed E-state index contributed by atoms with van der Waals surface area (Å²) in [5.74, 6) is 0.908. The first-order valence-electron chi connectivity index (χ1n) is 6.26. The minimum atomic E-state index is 0.664. The number of hydrogen-bond donors (Lipinski definition) is 2. The summed E-state index contributed by atoms with van der Waals surface area (Å²) in [6.45, 7) is 7.31. The first kappa shape index (κ1) is 10.4. The van der Waals surface area contributed by atoms with E-state index in [9.17, 15) is 0 Å². The molecule has 0 spiro atoms. The van der Waals surface area contributed by atoms with Gasteiger partial charge in [0.05, 0.1) is 0 Å². The zero-order chi connectivity index (χ0) is 9.86. The molecule has 0 amide bonds. The van der Waals surface area contributed by atoms with Gasteiger partial charge in [-0.3, -0.25) is 0 Å². The maximum Gasteiger partial charge on any atom is 0.000784 e. The summed E-state index contributed by atoms with van der Waals surface area (Å²) in [6, 6.07) is 0. The molecule has 0 bridgehead atoms. The zero-order valence-corrected chi connectivity index (χ0v) is 9.44. The Kier molecular flexibility index (Phi) is 3.45. The molecule has 0 aromatic heterocycles. The Hall–Kier alpha value is -0.0800. The lowest BCUT2D eigenvalue weighted by Gasteiger charge is -2.31. The van der Waals surface area contributed by atoms with Crippen molar-refractivity contribution in [3.05, 3.63) is 0 Å². The summed E-state index contributed by atoms with van der Waals surface area (Å²) < 4.78 is 0. The molecule has 1 aliphatic carbocycles. The molecule has 0 radical (unpaired) electrons. The van der Waals surface area contributed by atoms with Crippen LogP contribution in [0.15, 0.2) is 0 Å². The summed E-state index contributed by atoms with van der Waals surface area (Å²) in [5.41, 5.74) is 0.664. The lowest BCUT2D eigenvalue weighted by Crippen LogP contribution is -2.48. The summed E-state index contributed by atoms with van der Waals surface area (Å²) in [6.07, 6.45) is 7.20. The molecule has 14 heavy (non-hydrogen) atoms. The molecule has 2 rings (SSSR count). The second-order valence-corrected chi connectivity index (χ2v) is 5.22. The molecule has 82 valence electrons. The van der Waals surface area contributed by atoms with Gasteiger partial charge in [-0.15, -0.1) is 0 Å². The van der Waals surface area contributed by atoms with Crippen LogP contribution in [-0.4, -0.2) is 26.2 Å². The van der Waals surface area contributed by atoms with Gasteiger partial charge in [-0.2, -0.15) is 0 Å². The highest BCUT2D eigenvalue weighted by Crippen LogP contribution is 2.40. The minimum Gasteiger partial charge on any atom is -0.316 e. The third-order valence-corrected chi connectivity index (χ3v) is 4.21. The summed E-state index contributed by atoms with van der Waals surface area (Å²) >= 11 is 0. The highest BCUT2D eigenvalue weighted by molar-refractivity contribution is 4.86. The Balaban J connectivity index is 1.66. The van der Waals surface area contributed by atoms with Gasteiger partial charge < -0.3 is 10.6 Å². The predicted octanol–water partition coefficient (Wildman–Crippen LogP) is 1.77. The van der Waals surface area contributed by atoms with Gasteiger partial charge in [0.15, 0.2) is 0 Å². The normalized spacial score (nSPS) is 26.4. The Labute approximate surface area is 87.8 Å². The van der Waals surface area contributed by atoms with Crippen molar-refractivity contribution in [1.29, 1.82) is 0 Å². The van der Waals surface area contributed by atoms with E-state index in [-0.39, 0.29) is 0 Å². The summed E-state index contributed by atoms with van der Waals surface area (Å²) in [4.78, 5) is 0. The lowest BCUT2D eigenvalue weighted by molar-refractivity contribution is 0.248. The van der Waals surface area contributed by atoms with E-state index in [2.05, 4.69) is 17.6 Å². The Morgan fingerprint density at radius 1 is 1.29 bits per heavy atom. The average molecular weight is 196 g/mol. The summed E-state index contributed by atoms with van der Waals surface area (Å²) in [5, 5.41) is 7.00. The monoisotopic (exact) mass is 196 g/mol. The maximum absolute atomic E-state index is 3.68. The standard InChI is InChI=1S/C12H24N2/c1-2-12(5-3-4-6-12)10-14-9-11-7-13-8-11/h11,13-14H,2-10H2,1H3. The first-order chi connectivity index (χ1) is 6.85. The highest BCUT2D eigenvalue weighted by Gasteiger charge is 2.31. The smallest absolute Gasteiger partial charge is 0.000784 e. The van der Waals surface area contributed by atoms with Crippen LogP contribution in [-0.2, 0) is 0 Å².